The fourth-order valence-corrected chi connectivity index (χ4v) is 0.948. The Morgan fingerprint density at radius 3 is 2.38 bits per heavy atom. The summed E-state index contributed by atoms with van der Waals surface area (Å²) in [5, 5.41) is 2.47. The monoisotopic (exact) mass is 184 g/mol. The van der Waals surface area contributed by atoms with Crippen molar-refractivity contribution in [3.8, 4) is 0 Å². The largest absolute Gasteiger partial charge is 0.368 e. The summed E-state index contributed by atoms with van der Waals surface area (Å²) in [6.07, 6.45) is 1.67. The summed E-state index contributed by atoms with van der Waals surface area (Å²) in [5.41, 5.74) is 5.10. The fraction of sp³-hybridized carbons (Fsp3) is 0.556. The number of nitrogens with one attached hydrogen (secondary N) is 1. The van der Waals surface area contributed by atoms with Gasteiger partial charge in [-0.05, 0) is 18.4 Å². The van der Waals surface area contributed by atoms with E-state index in [9.17, 15) is 9.59 Å². The quantitative estimate of drug-likeness (QED) is 0.598. The van der Waals surface area contributed by atoms with Crippen LogP contribution in [0.3, 0.4) is 0 Å². The zero-order chi connectivity index (χ0) is 10.4. The van der Waals surface area contributed by atoms with Crippen molar-refractivity contribution in [1.82, 2.24) is 5.32 Å². The van der Waals surface area contributed by atoms with Crippen molar-refractivity contribution < 1.29 is 9.59 Å². The van der Waals surface area contributed by atoms with Gasteiger partial charge in [-0.25, -0.2) is 0 Å². The molecule has 13 heavy (non-hydrogen) atoms. The first kappa shape index (κ1) is 11.7. The molecule has 4 nitrogen and oxygen atoms in total. The van der Waals surface area contributed by atoms with Crippen LogP contribution in [0.5, 0.6) is 0 Å². The standard InChI is InChI=1S/C9H16N2O2/c1-4-8(12)11-7(9(10)13)5-6(2)3/h4,6-7H,1,5H2,2-3H3,(H2,10,13)(H,11,12)/t7-/m0/s1. The second kappa shape index (κ2) is 5.35. The highest BCUT2D eigenvalue weighted by molar-refractivity contribution is 5.91. The second-order valence-corrected chi connectivity index (χ2v) is 3.30. The van der Waals surface area contributed by atoms with Crippen molar-refractivity contribution in [2.45, 2.75) is 26.3 Å². The molecule has 4 heteroatoms. The van der Waals surface area contributed by atoms with Gasteiger partial charge in [0.2, 0.25) is 11.8 Å². The van der Waals surface area contributed by atoms with E-state index in [-0.39, 0.29) is 5.91 Å². The molecular formula is C9H16N2O2. The number of nitrogens with two attached hydrogens (primary N) is 1. The Morgan fingerprint density at radius 2 is 2.08 bits per heavy atom. The number of carbonyl (C=O) groups excluding carboxylic acids is 2. The van der Waals surface area contributed by atoms with Crippen molar-refractivity contribution >= 4 is 11.8 Å². The van der Waals surface area contributed by atoms with Crippen molar-refractivity contribution in [3.63, 3.8) is 0 Å². The van der Waals surface area contributed by atoms with Crippen LogP contribution in [-0.4, -0.2) is 17.9 Å². The Balaban J connectivity index is 4.17. The van der Waals surface area contributed by atoms with E-state index >= 15 is 0 Å². The van der Waals surface area contributed by atoms with Crippen LogP contribution in [0.1, 0.15) is 20.3 Å². The van der Waals surface area contributed by atoms with E-state index in [1.807, 2.05) is 13.8 Å². The number of rotatable bonds is 5. The summed E-state index contributed by atoms with van der Waals surface area (Å²) >= 11 is 0. The van der Waals surface area contributed by atoms with Crippen LogP contribution in [0.25, 0.3) is 0 Å². The second-order valence-electron chi connectivity index (χ2n) is 3.30. The van der Waals surface area contributed by atoms with Gasteiger partial charge in [-0.1, -0.05) is 20.4 Å². The molecule has 0 radical (unpaired) electrons. The molecule has 3 N–H and O–H groups in total. The first-order valence-corrected chi connectivity index (χ1v) is 4.19. The third-order valence-electron chi connectivity index (χ3n) is 1.55. The van der Waals surface area contributed by atoms with E-state index in [1.165, 1.54) is 0 Å². The Bertz CT molecular complexity index is 212. The maximum Gasteiger partial charge on any atom is 0.244 e. The highest BCUT2D eigenvalue weighted by Crippen LogP contribution is 2.03. The van der Waals surface area contributed by atoms with Crippen LogP contribution in [-0.2, 0) is 9.59 Å². The molecule has 0 saturated carbocycles. The van der Waals surface area contributed by atoms with Crippen molar-refractivity contribution in [2.24, 2.45) is 11.7 Å². The first-order chi connectivity index (χ1) is 5.97. The number of primary amides is 1. The van der Waals surface area contributed by atoms with Gasteiger partial charge in [0.25, 0.3) is 0 Å². The van der Waals surface area contributed by atoms with Gasteiger partial charge in [0.05, 0.1) is 0 Å². The summed E-state index contributed by atoms with van der Waals surface area (Å²) in [6.45, 7) is 7.20. The molecule has 0 heterocycles. The van der Waals surface area contributed by atoms with Gasteiger partial charge < -0.3 is 11.1 Å². The lowest BCUT2D eigenvalue weighted by Crippen LogP contribution is -2.44. The van der Waals surface area contributed by atoms with Gasteiger partial charge in [-0.3, -0.25) is 9.59 Å². The molecule has 1 atom stereocenters. The Labute approximate surface area is 78.2 Å². The molecule has 0 saturated heterocycles. The third-order valence-corrected chi connectivity index (χ3v) is 1.55. The molecule has 0 aromatic heterocycles. The van der Waals surface area contributed by atoms with E-state index in [1.54, 1.807) is 0 Å². The van der Waals surface area contributed by atoms with Gasteiger partial charge in [-0.2, -0.15) is 0 Å². The Kier molecular flexibility index (Phi) is 4.80. The van der Waals surface area contributed by atoms with E-state index < -0.39 is 11.9 Å². The molecule has 0 aliphatic heterocycles. The van der Waals surface area contributed by atoms with Gasteiger partial charge in [0.15, 0.2) is 0 Å². The van der Waals surface area contributed by atoms with Crippen molar-refractivity contribution in [3.05, 3.63) is 12.7 Å². The predicted molar refractivity (Wildman–Crippen MR) is 50.8 cm³/mol. The Hall–Kier alpha value is -1.32. The van der Waals surface area contributed by atoms with Crippen LogP contribution in [0.2, 0.25) is 0 Å². The molecule has 0 bridgehead atoms. The first-order valence-electron chi connectivity index (χ1n) is 4.19. The van der Waals surface area contributed by atoms with Gasteiger partial charge in [0, 0.05) is 0 Å². The summed E-state index contributed by atoms with van der Waals surface area (Å²) < 4.78 is 0. The van der Waals surface area contributed by atoms with Crippen molar-refractivity contribution in [2.75, 3.05) is 0 Å². The van der Waals surface area contributed by atoms with Crippen molar-refractivity contribution in [1.29, 1.82) is 0 Å². The summed E-state index contributed by atoms with van der Waals surface area (Å²) in [4.78, 5) is 21.7. The summed E-state index contributed by atoms with van der Waals surface area (Å²) in [6, 6.07) is -0.592. The van der Waals surface area contributed by atoms with Gasteiger partial charge in [-0.15, -0.1) is 0 Å². The minimum atomic E-state index is -0.592. The molecule has 0 aromatic carbocycles. The fourth-order valence-electron chi connectivity index (χ4n) is 0.948. The topological polar surface area (TPSA) is 72.2 Å². The van der Waals surface area contributed by atoms with Gasteiger partial charge >= 0.3 is 0 Å². The number of hydrogen-bond donors (Lipinski definition) is 2. The Morgan fingerprint density at radius 1 is 1.54 bits per heavy atom. The van der Waals surface area contributed by atoms with E-state index in [4.69, 9.17) is 5.73 Å². The molecule has 0 aliphatic carbocycles. The predicted octanol–water partition coefficient (Wildman–Crippen LogP) is 0.189. The van der Waals surface area contributed by atoms with Gasteiger partial charge in [0.1, 0.15) is 6.04 Å². The molecule has 0 unspecified atom stereocenters. The molecule has 74 valence electrons. The highest BCUT2D eigenvalue weighted by atomic mass is 16.2. The molecule has 0 rings (SSSR count). The molecule has 2 amide bonds. The highest BCUT2D eigenvalue weighted by Gasteiger charge is 2.17. The minimum absolute atomic E-state index is 0.308. The SMILES string of the molecule is C=CC(=O)N[C@@H](CC(C)C)C(N)=O. The number of amides is 2. The number of carbonyl (C=O) groups is 2. The maximum atomic E-state index is 10.9. The van der Waals surface area contributed by atoms with E-state index in [2.05, 4.69) is 11.9 Å². The third kappa shape index (κ3) is 5.00. The summed E-state index contributed by atoms with van der Waals surface area (Å²) in [5.74, 6) is -0.573. The molecule has 0 aromatic rings. The van der Waals surface area contributed by atoms with Crippen LogP contribution >= 0.6 is 0 Å². The van der Waals surface area contributed by atoms with Crippen LogP contribution in [0.15, 0.2) is 12.7 Å². The maximum absolute atomic E-state index is 10.9. The average Bonchev–Trinajstić information content (AvgIpc) is 2.02. The van der Waals surface area contributed by atoms with Crippen LogP contribution < -0.4 is 11.1 Å². The zero-order valence-corrected chi connectivity index (χ0v) is 8.04. The smallest absolute Gasteiger partial charge is 0.244 e. The molecule has 0 fully saturated rings. The summed E-state index contributed by atoms with van der Waals surface area (Å²) in [7, 11) is 0. The lowest BCUT2D eigenvalue weighted by molar-refractivity contribution is -0.125. The lowest BCUT2D eigenvalue weighted by atomic mass is 10.0. The number of hydrogen-bond acceptors (Lipinski definition) is 2. The van der Waals surface area contributed by atoms with E-state index in [0.717, 1.165) is 6.08 Å². The molecule has 0 spiro atoms. The normalized spacial score (nSPS) is 12.2. The minimum Gasteiger partial charge on any atom is -0.368 e. The average molecular weight is 184 g/mol. The molecular weight excluding hydrogens is 168 g/mol. The van der Waals surface area contributed by atoms with E-state index in [0.29, 0.717) is 12.3 Å². The van der Waals surface area contributed by atoms with Crippen LogP contribution in [0, 0.1) is 5.92 Å². The molecule has 0 aliphatic rings. The zero-order valence-electron chi connectivity index (χ0n) is 8.04. The lowest BCUT2D eigenvalue weighted by Gasteiger charge is -2.15. The van der Waals surface area contributed by atoms with Crippen LogP contribution in [0.4, 0.5) is 0 Å².